The number of amides is 1. The third-order valence-corrected chi connectivity index (χ3v) is 2.81. The van der Waals surface area contributed by atoms with Crippen LogP contribution in [0.3, 0.4) is 0 Å². The zero-order valence-electron chi connectivity index (χ0n) is 11.8. The molecule has 0 saturated carbocycles. The number of aliphatic imine (C=N–C) groups is 1. The minimum absolute atomic E-state index is 0.0414. The molecule has 0 bridgehead atoms. The van der Waals surface area contributed by atoms with Gasteiger partial charge in [0.05, 0.1) is 0 Å². The molecule has 2 rings (SSSR count). The van der Waals surface area contributed by atoms with E-state index < -0.39 is 5.97 Å². The molecule has 2 aromatic rings. The highest BCUT2D eigenvalue weighted by Gasteiger charge is 2.07. The average molecular weight is 304 g/mol. The van der Waals surface area contributed by atoms with Crippen molar-refractivity contribution < 1.29 is 19.1 Å². The van der Waals surface area contributed by atoms with Crippen molar-refractivity contribution in [1.29, 1.82) is 0 Å². The highest BCUT2D eigenvalue weighted by Crippen LogP contribution is 2.19. The van der Waals surface area contributed by atoms with E-state index in [4.69, 9.17) is 15.3 Å². The van der Waals surface area contributed by atoms with Gasteiger partial charge < -0.3 is 15.3 Å². The van der Waals surface area contributed by atoms with Crippen LogP contribution >= 0.6 is 0 Å². The molecule has 0 radical (unpaired) electrons. The SMILES string of the molecule is NC(=Nc1nc2ccccc2o1)NC(=O)CCCCC(=O)O. The number of fused-ring (bicyclic) bond motifs is 1. The maximum Gasteiger partial charge on any atom is 0.325 e. The number of carbonyl (C=O) groups is 2. The van der Waals surface area contributed by atoms with Crippen LogP contribution in [-0.4, -0.2) is 27.9 Å². The molecule has 1 heterocycles. The number of carboxylic acids is 1. The maximum absolute atomic E-state index is 11.6. The van der Waals surface area contributed by atoms with Crippen LogP contribution in [-0.2, 0) is 9.59 Å². The number of oxazole rings is 1. The standard InChI is InChI=1S/C14H16N4O4/c15-13(17-11(19)7-3-4-8-12(20)21)18-14-16-9-5-1-2-6-10(9)22-14/h1-2,5-6H,3-4,7-8H2,(H,20,21)(H3,15,16,17,18,19). The first-order valence-corrected chi connectivity index (χ1v) is 6.76. The summed E-state index contributed by atoms with van der Waals surface area (Å²) < 4.78 is 5.35. The van der Waals surface area contributed by atoms with Gasteiger partial charge in [0.15, 0.2) is 5.58 Å². The Hall–Kier alpha value is -2.90. The molecule has 0 aliphatic rings. The molecule has 1 amide bonds. The van der Waals surface area contributed by atoms with Gasteiger partial charge in [-0.15, -0.1) is 0 Å². The average Bonchev–Trinajstić information content (AvgIpc) is 2.85. The van der Waals surface area contributed by atoms with E-state index >= 15 is 0 Å². The molecular formula is C14H16N4O4. The third kappa shape index (κ3) is 4.58. The fraction of sp³-hybridized carbons (Fsp3) is 0.286. The number of rotatable bonds is 6. The number of aromatic nitrogens is 1. The van der Waals surface area contributed by atoms with Crippen molar-refractivity contribution in [3.63, 3.8) is 0 Å². The summed E-state index contributed by atoms with van der Waals surface area (Å²) in [4.78, 5) is 29.9. The lowest BCUT2D eigenvalue weighted by atomic mass is 10.2. The summed E-state index contributed by atoms with van der Waals surface area (Å²) in [5.41, 5.74) is 6.83. The number of carbonyl (C=O) groups excluding carboxylic acids is 1. The van der Waals surface area contributed by atoms with E-state index in [9.17, 15) is 9.59 Å². The van der Waals surface area contributed by atoms with Crippen LogP contribution in [0.1, 0.15) is 25.7 Å². The Morgan fingerprint density at radius 2 is 2.00 bits per heavy atom. The van der Waals surface area contributed by atoms with E-state index in [1.54, 1.807) is 12.1 Å². The van der Waals surface area contributed by atoms with Crippen molar-refractivity contribution in [2.24, 2.45) is 10.7 Å². The first-order chi connectivity index (χ1) is 10.5. The molecule has 0 aliphatic heterocycles. The summed E-state index contributed by atoms with van der Waals surface area (Å²) in [6, 6.07) is 7.21. The molecule has 0 saturated heterocycles. The number of nitrogens with zero attached hydrogens (tertiary/aromatic N) is 2. The number of guanidine groups is 1. The number of nitrogens with two attached hydrogens (primary N) is 1. The monoisotopic (exact) mass is 304 g/mol. The lowest BCUT2D eigenvalue weighted by molar-refractivity contribution is -0.137. The van der Waals surface area contributed by atoms with Gasteiger partial charge in [-0.1, -0.05) is 12.1 Å². The summed E-state index contributed by atoms with van der Waals surface area (Å²) in [7, 11) is 0. The van der Waals surface area contributed by atoms with Crippen molar-refractivity contribution in [2.45, 2.75) is 25.7 Å². The summed E-state index contributed by atoms with van der Waals surface area (Å²) >= 11 is 0. The Kier molecular flexibility index (Phi) is 5.07. The smallest absolute Gasteiger partial charge is 0.325 e. The fourth-order valence-corrected chi connectivity index (χ4v) is 1.81. The molecular weight excluding hydrogens is 288 g/mol. The quantitative estimate of drug-likeness (QED) is 0.421. The second kappa shape index (κ2) is 7.21. The van der Waals surface area contributed by atoms with E-state index in [0.29, 0.717) is 23.9 Å². The Bertz CT molecular complexity index is 675. The van der Waals surface area contributed by atoms with Crippen LogP contribution in [0.25, 0.3) is 11.1 Å². The zero-order valence-corrected chi connectivity index (χ0v) is 11.8. The van der Waals surface area contributed by atoms with E-state index in [2.05, 4.69) is 15.3 Å². The van der Waals surface area contributed by atoms with Crippen molar-refractivity contribution in [2.75, 3.05) is 0 Å². The number of unbranched alkanes of at least 4 members (excludes halogenated alkanes) is 1. The van der Waals surface area contributed by atoms with Crippen LogP contribution in [0.15, 0.2) is 33.7 Å². The van der Waals surface area contributed by atoms with Crippen molar-refractivity contribution in [3.8, 4) is 0 Å². The molecule has 22 heavy (non-hydrogen) atoms. The summed E-state index contributed by atoms with van der Waals surface area (Å²) in [5.74, 6) is -1.32. The first kappa shape index (κ1) is 15.5. The zero-order chi connectivity index (χ0) is 15.9. The first-order valence-electron chi connectivity index (χ1n) is 6.76. The fourth-order valence-electron chi connectivity index (χ4n) is 1.81. The normalized spacial score (nSPS) is 11.5. The highest BCUT2D eigenvalue weighted by molar-refractivity contribution is 5.96. The Morgan fingerprint density at radius 3 is 2.73 bits per heavy atom. The van der Waals surface area contributed by atoms with Crippen LogP contribution < -0.4 is 11.1 Å². The Balaban J connectivity index is 1.86. The molecule has 4 N–H and O–H groups in total. The lowest BCUT2D eigenvalue weighted by Crippen LogP contribution is -2.36. The van der Waals surface area contributed by atoms with Gasteiger partial charge in [0.2, 0.25) is 11.9 Å². The number of hydrogen-bond acceptors (Lipinski definition) is 5. The molecule has 0 aliphatic carbocycles. The van der Waals surface area contributed by atoms with E-state index in [0.717, 1.165) is 0 Å². The van der Waals surface area contributed by atoms with Crippen molar-refractivity contribution in [3.05, 3.63) is 24.3 Å². The minimum atomic E-state index is -0.877. The Labute approximate surface area is 126 Å². The predicted molar refractivity (Wildman–Crippen MR) is 79.5 cm³/mol. The number of nitrogens with one attached hydrogen (secondary N) is 1. The Morgan fingerprint density at radius 1 is 1.27 bits per heavy atom. The lowest BCUT2D eigenvalue weighted by Gasteiger charge is -2.02. The van der Waals surface area contributed by atoms with Gasteiger partial charge in [0, 0.05) is 12.8 Å². The summed E-state index contributed by atoms with van der Waals surface area (Å²) in [6.07, 6.45) is 1.12. The van der Waals surface area contributed by atoms with Crippen LogP contribution in [0, 0.1) is 0 Å². The molecule has 0 atom stereocenters. The predicted octanol–water partition coefficient (Wildman–Crippen LogP) is 1.54. The van der Waals surface area contributed by atoms with Crippen LogP contribution in [0.5, 0.6) is 0 Å². The largest absolute Gasteiger partial charge is 0.481 e. The van der Waals surface area contributed by atoms with Gasteiger partial charge in [-0.2, -0.15) is 9.98 Å². The van der Waals surface area contributed by atoms with Crippen LogP contribution in [0.2, 0.25) is 0 Å². The van der Waals surface area contributed by atoms with E-state index in [-0.39, 0.29) is 30.7 Å². The number of aliphatic carboxylic acids is 1. The number of carboxylic acid groups (broad SMARTS) is 1. The summed E-state index contributed by atoms with van der Waals surface area (Å²) in [5, 5.41) is 10.9. The second-order valence-corrected chi connectivity index (χ2v) is 4.61. The minimum Gasteiger partial charge on any atom is -0.481 e. The van der Waals surface area contributed by atoms with Gasteiger partial charge in [0.1, 0.15) is 5.52 Å². The van der Waals surface area contributed by atoms with Gasteiger partial charge >= 0.3 is 12.0 Å². The number of para-hydroxylation sites is 2. The second-order valence-electron chi connectivity index (χ2n) is 4.61. The van der Waals surface area contributed by atoms with E-state index in [1.807, 2.05) is 12.1 Å². The van der Waals surface area contributed by atoms with E-state index in [1.165, 1.54) is 0 Å². The van der Waals surface area contributed by atoms with Gasteiger partial charge in [-0.05, 0) is 25.0 Å². The molecule has 0 spiro atoms. The molecule has 116 valence electrons. The third-order valence-electron chi connectivity index (χ3n) is 2.81. The maximum atomic E-state index is 11.6. The molecule has 8 heteroatoms. The summed E-state index contributed by atoms with van der Waals surface area (Å²) in [6.45, 7) is 0. The van der Waals surface area contributed by atoms with Crippen molar-refractivity contribution >= 4 is 35.0 Å². The van der Waals surface area contributed by atoms with Gasteiger partial charge in [0.25, 0.3) is 0 Å². The van der Waals surface area contributed by atoms with Gasteiger partial charge in [-0.25, -0.2) is 0 Å². The van der Waals surface area contributed by atoms with Crippen molar-refractivity contribution in [1.82, 2.24) is 10.3 Å². The number of benzene rings is 1. The van der Waals surface area contributed by atoms with Crippen LogP contribution in [0.4, 0.5) is 6.01 Å². The molecule has 1 aromatic heterocycles. The molecule has 1 aromatic carbocycles. The topological polar surface area (TPSA) is 131 Å². The molecule has 0 unspecified atom stereocenters. The van der Waals surface area contributed by atoms with Gasteiger partial charge in [-0.3, -0.25) is 14.9 Å². The molecule has 8 nitrogen and oxygen atoms in total. The number of hydrogen-bond donors (Lipinski definition) is 3. The molecule has 0 fully saturated rings. The highest BCUT2D eigenvalue weighted by atomic mass is 16.4.